The molecular weight excluding hydrogens is 540 g/mol. The minimum atomic E-state index is 0.337. The lowest BCUT2D eigenvalue weighted by atomic mass is 9.86. The maximum Gasteiger partial charge on any atom is 0.220 e. The molecule has 0 radical (unpaired) electrons. The fourth-order valence-corrected chi connectivity index (χ4v) is 6.08. The number of ether oxygens (including phenoxy) is 1. The molecule has 7 aromatic rings. The third-order valence-electron chi connectivity index (χ3n) is 8.14. The fraction of sp³-hybridized carbons (Fsp3) is 0.154. The number of hydrogen-bond donors (Lipinski definition) is 0. The summed E-state index contributed by atoms with van der Waals surface area (Å²) in [6, 6.07) is 37.3. The molecule has 0 aliphatic carbocycles. The second-order valence-corrected chi connectivity index (χ2v) is 11.7. The van der Waals surface area contributed by atoms with Gasteiger partial charge in [-0.05, 0) is 71.5 Å². The second kappa shape index (κ2) is 11.4. The summed E-state index contributed by atoms with van der Waals surface area (Å²) in [4.78, 5) is 14.5. The summed E-state index contributed by atoms with van der Waals surface area (Å²) in [7, 11) is 0. The van der Waals surface area contributed by atoms with E-state index in [-0.39, 0.29) is 0 Å². The zero-order chi connectivity index (χ0) is 30.2. The van der Waals surface area contributed by atoms with Crippen molar-refractivity contribution in [3.63, 3.8) is 0 Å². The first kappa shape index (κ1) is 27.5. The van der Waals surface area contributed by atoms with E-state index in [2.05, 4.69) is 103 Å². The molecule has 3 aromatic carbocycles. The Balaban J connectivity index is 1.41. The lowest BCUT2D eigenvalue weighted by molar-refractivity contribution is 0.464. The molecule has 0 saturated heterocycles. The topological polar surface area (TPSA) is 52.8 Å². The number of hydrogen-bond acceptors (Lipinski definition) is 4. The molecule has 4 heterocycles. The van der Waals surface area contributed by atoms with E-state index in [1.54, 1.807) is 0 Å². The zero-order valence-electron chi connectivity index (χ0n) is 25.4. The first-order valence-electron chi connectivity index (χ1n) is 15.2. The third kappa shape index (κ3) is 5.01. The largest absolute Gasteiger partial charge is 0.439 e. The molecule has 4 aromatic heterocycles. The SMILES string of the molecule is CC(C)c1cccc(C(C)C)c1-c1cc(-c2ccccn2)cc(Oc2ccc3c4ccccc4n(-c4ccccn4)c3c2)n1. The number of fused-ring (bicyclic) bond motifs is 3. The van der Waals surface area contributed by atoms with Crippen molar-refractivity contribution in [2.45, 2.75) is 39.5 Å². The number of rotatable bonds is 7. The minimum absolute atomic E-state index is 0.337. The van der Waals surface area contributed by atoms with E-state index in [0.717, 1.165) is 39.2 Å². The van der Waals surface area contributed by atoms with Crippen molar-refractivity contribution in [3.8, 4) is 40.0 Å². The highest BCUT2D eigenvalue weighted by molar-refractivity contribution is 6.09. The molecule has 7 rings (SSSR count). The highest BCUT2D eigenvalue weighted by Crippen LogP contribution is 2.39. The molecule has 0 unspecified atom stereocenters. The van der Waals surface area contributed by atoms with Crippen molar-refractivity contribution in [3.05, 3.63) is 133 Å². The molecule has 0 fully saturated rings. The fourth-order valence-electron chi connectivity index (χ4n) is 6.08. The lowest BCUT2D eigenvalue weighted by Gasteiger charge is -2.20. The van der Waals surface area contributed by atoms with Crippen LogP contribution in [0.3, 0.4) is 0 Å². The van der Waals surface area contributed by atoms with E-state index in [0.29, 0.717) is 23.5 Å². The normalized spacial score (nSPS) is 11.6. The first-order valence-corrected chi connectivity index (χ1v) is 15.2. The van der Waals surface area contributed by atoms with Gasteiger partial charge in [0.25, 0.3) is 0 Å². The predicted octanol–water partition coefficient (Wildman–Crippen LogP) is 10.3. The van der Waals surface area contributed by atoms with Crippen molar-refractivity contribution < 1.29 is 4.74 Å². The maximum atomic E-state index is 6.63. The van der Waals surface area contributed by atoms with Crippen LogP contribution in [-0.2, 0) is 0 Å². The summed E-state index contributed by atoms with van der Waals surface area (Å²) in [5, 5.41) is 2.31. The Kier molecular flexibility index (Phi) is 7.15. The van der Waals surface area contributed by atoms with Crippen LogP contribution in [-0.4, -0.2) is 19.5 Å². The zero-order valence-corrected chi connectivity index (χ0v) is 25.4. The Morgan fingerprint density at radius 1 is 0.591 bits per heavy atom. The van der Waals surface area contributed by atoms with Gasteiger partial charge in [-0.2, -0.15) is 0 Å². The summed E-state index contributed by atoms with van der Waals surface area (Å²) in [6.45, 7) is 8.94. The van der Waals surface area contributed by atoms with Gasteiger partial charge in [-0.25, -0.2) is 9.97 Å². The standard InChI is InChI=1S/C39H34N4O/c1-25(2)29-13-11-14-30(26(3)4)39(29)34-22-27(33-15-7-9-20-40-33)23-38(42-34)44-28-18-19-32-31-12-5-6-16-35(31)43(36(32)24-28)37-17-8-10-21-41-37/h5-26H,1-4H3. The quantitative estimate of drug-likeness (QED) is 0.190. The number of para-hydroxylation sites is 1. The lowest BCUT2D eigenvalue weighted by Crippen LogP contribution is -2.02. The van der Waals surface area contributed by atoms with Gasteiger partial charge in [-0.1, -0.05) is 76.2 Å². The van der Waals surface area contributed by atoms with Crippen LogP contribution in [0.25, 0.3) is 50.1 Å². The molecule has 0 amide bonds. The van der Waals surface area contributed by atoms with E-state index >= 15 is 0 Å². The maximum absolute atomic E-state index is 6.63. The van der Waals surface area contributed by atoms with Gasteiger partial charge in [0, 0.05) is 46.4 Å². The van der Waals surface area contributed by atoms with Crippen LogP contribution in [0.4, 0.5) is 0 Å². The van der Waals surface area contributed by atoms with Gasteiger partial charge in [0.2, 0.25) is 5.88 Å². The molecule has 5 nitrogen and oxygen atoms in total. The molecule has 216 valence electrons. The van der Waals surface area contributed by atoms with Crippen molar-refractivity contribution in [2.24, 2.45) is 0 Å². The summed E-state index contributed by atoms with van der Waals surface area (Å²) >= 11 is 0. The van der Waals surface area contributed by atoms with Crippen molar-refractivity contribution >= 4 is 21.8 Å². The molecule has 0 bridgehead atoms. The Labute approximate surface area is 257 Å². The van der Waals surface area contributed by atoms with Gasteiger partial charge < -0.3 is 4.74 Å². The van der Waals surface area contributed by atoms with Crippen molar-refractivity contribution in [1.29, 1.82) is 0 Å². The van der Waals surface area contributed by atoms with Gasteiger partial charge in [0.15, 0.2) is 0 Å². The summed E-state index contributed by atoms with van der Waals surface area (Å²) in [5.41, 5.74) is 8.56. The van der Waals surface area contributed by atoms with E-state index in [1.165, 1.54) is 22.1 Å². The van der Waals surface area contributed by atoms with Crippen LogP contribution in [0, 0.1) is 0 Å². The van der Waals surface area contributed by atoms with Gasteiger partial charge in [-0.3, -0.25) is 9.55 Å². The Hall–Kier alpha value is -5.29. The molecule has 0 atom stereocenters. The third-order valence-corrected chi connectivity index (χ3v) is 8.14. The minimum Gasteiger partial charge on any atom is -0.439 e. The van der Waals surface area contributed by atoms with E-state index in [1.807, 2.05) is 60.9 Å². The number of pyridine rings is 3. The summed E-state index contributed by atoms with van der Waals surface area (Å²) < 4.78 is 8.81. The molecule has 0 aliphatic rings. The van der Waals surface area contributed by atoms with E-state index < -0.39 is 0 Å². The van der Waals surface area contributed by atoms with Crippen LogP contribution in [0.15, 0.2) is 122 Å². The molecule has 0 spiro atoms. The van der Waals surface area contributed by atoms with Crippen molar-refractivity contribution in [2.75, 3.05) is 0 Å². The highest BCUT2D eigenvalue weighted by atomic mass is 16.5. The monoisotopic (exact) mass is 574 g/mol. The van der Waals surface area contributed by atoms with Crippen molar-refractivity contribution in [1.82, 2.24) is 19.5 Å². The van der Waals surface area contributed by atoms with Gasteiger partial charge >= 0.3 is 0 Å². The Morgan fingerprint density at radius 2 is 1.30 bits per heavy atom. The van der Waals surface area contributed by atoms with E-state index in [4.69, 9.17) is 9.72 Å². The smallest absolute Gasteiger partial charge is 0.220 e. The number of benzene rings is 3. The number of nitrogens with zero attached hydrogens (tertiary/aromatic N) is 4. The van der Waals surface area contributed by atoms with E-state index in [9.17, 15) is 0 Å². The van der Waals surface area contributed by atoms with Crippen LogP contribution in [0.2, 0.25) is 0 Å². The molecule has 5 heteroatoms. The van der Waals surface area contributed by atoms with Gasteiger partial charge in [-0.15, -0.1) is 0 Å². The number of aromatic nitrogens is 4. The van der Waals surface area contributed by atoms with Crippen LogP contribution in [0.1, 0.15) is 50.7 Å². The predicted molar refractivity (Wildman–Crippen MR) is 180 cm³/mol. The van der Waals surface area contributed by atoms with Crippen LogP contribution < -0.4 is 4.74 Å². The molecule has 0 N–H and O–H groups in total. The van der Waals surface area contributed by atoms with Gasteiger partial charge in [0.05, 0.1) is 22.4 Å². The summed E-state index contributed by atoms with van der Waals surface area (Å²) in [5.74, 6) is 2.76. The molecule has 0 aliphatic heterocycles. The molecule has 44 heavy (non-hydrogen) atoms. The van der Waals surface area contributed by atoms with Crippen LogP contribution >= 0.6 is 0 Å². The second-order valence-electron chi connectivity index (χ2n) is 11.7. The Morgan fingerprint density at radius 3 is 2.00 bits per heavy atom. The molecule has 0 saturated carbocycles. The Bertz CT molecular complexity index is 2070. The molecular formula is C39H34N4O. The highest BCUT2D eigenvalue weighted by Gasteiger charge is 2.20. The van der Waals surface area contributed by atoms with Crippen LogP contribution in [0.5, 0.6) is 11.6 Å². The average molecular weight is 575 g/mol. The average Bonchev–Trinajstić information content (AvgIpc) is 3.38. The summed E-state index contributed by atoms with van der Waals surface area (Å²) in [6.07, 6.45) is 3.65. The first-order chi connectivity index (χ1) is 21.5. The van der Waals surface area contributed by atoms with Gasteiger partial charge in [0.1, 0.15) is 11.6 Å².